The molecule has 0 saturated carbocycles. The molecule has 1 aliphatic rings. The summed E-state index contributed by atoms with van der Waals surface area (Å²) in [6.45, 7) is 0. The van der Waals surface area contributed by atoms with Gasteiger partial charge in [-0.1, -0.05) is 24.3 Å². The van der Waals surface area contributed by atoms with Gasteiger partial charge in [0.15, 0.2) is 5.78 Å². The van der Waals surface area contributed by atoms with Gasteiger partial charge in [0, 0.05) is 11.1 Å². The molecule has 2 aromatic rings. The van der Waals surface area contributed by atoms with Crippen molar-refractivity contribution >= 4 is 5.78 Å². The van der Waals surface area contributed by atoms with Crippen molar-refractivity contribution in [2.75, 3.05) is 0 Å². The van der Waals surface area contributed by atoms with Crippen LogP contribution in [0.1, 0.15) is 33.5 Å². The van der Waals surface area contributed by atoms with Gasteiger partial charge in [0.1, 0.15) is 5.82 Å². The minimum Gasteiger partial charge on any atom is -0.289 e. The van der Waals surface area contributed by atoms with Crippen molar-refractivity contribution in [3.8, 4) is 0 Å². The molecule has 0 saturated heterocycles. The van der Waals surface area contributed by atoms with Crippen LogP contribution in [-0.4, -0.2) is 5.78 Å². The van der Waals surface area contributed by atoms with Gasteiger partial charge in [-0.05, 0) is 48.6 Å². The van der Waals surface area contributed by atoms with Gasteiger partial charge in [0.25, 0.3) is 0 Å². The molecule has 0 heterocycles. The minimum absolute atomic E-state index is 0.107. The van der Waals surface area contributed by atoms with Crippen LogP contribution in [0.4, 0.5) is 4.39 Å². The van der Waals surface area contributed by atoms with Crippen LogP contribution in [0, 0.1) is 5.82 Å². The van der Waals surface area contributed by atoms with E-state index >= 15 is 0 Å². The zero-order valence-corrected chi connectivity index (χ0v) is 9.95. The molecule has 1 nitrogen and oxygen atoms in total. The molecule has 18 heavy (non-hydrogen) atoms. The van der Waals surface area contributed by atoms with Gasteiger partial charge >= 0.3 is 0 Å². The van der Waals surface area contributed by atoms with E-state index in [2.05, 4.69) is 0 Å². The van der Waals surface area contributed by atoms with E-state index in [1.54, 1.807) is 12.1 Å². The van der Waals surface area contributed by atoms with Crippen LogP contribution in [0.3, 0.4) is 0 Å². The average molecular weight is 240 g/mol. The van der Waals surface area contributed by atoms with E-state index < -0.39 is 0 Å². The molecule has 2 heteroatoms. The van der Waals surface area contributed by atoms with Crippen molar-refractivity contribution in [1.82, 2.24) is 0 Å². The van der Waals surface area contributed by atoms with Gasteiger partial charge in [-0.2, -0.15) is 0 Å². The van der Waals surface area contributed by atoms with E-state index in [9.17, 15) is 9.18 Å². The molecule has 0 N–H and O–H groups in total. The second-order valence-corrected chi connectivity index (χ2v) is 4.68. The normalized spacial score (nSPS) is 13.4. The van der Waals surface area contributed by atoms with E-state index in [0.29, 0.717) is 11.1 Å². The highest BCUT2D eigenvalue weighted by Crippen LogP contribution is 2.24. The lowest BCUT2D eigenvalue weighted by Gasteiger charge is -2.04. The van der Waals surface area contributed by atoms with E-state index in [0.717, 1.165) is 19.3 Å². The Hall–Kier alpha value is -1.96. The van der Waals surface area contributed by atoms with Gasteiger partial charge in [-0.3, -0.25) is 4.79 Å². The van der Waals surface area contributed by atoms with Crippen molar-refractivity contribution in [3.63, 3.8) is 0 Å². The molecule has 0 bridgehead atoms. The van der Waals surface area contributed by atoms with Crippen LogP contribution < -0.4 is 0 Å². The van der Waals surface area contributed by atoms with Crippen LogP contribution in [-0.2, 0) is 12.8 Å². The molecule has 0 spiro atoms. The van der Waals surface area contributed by atoms with Gasteiger partial charge in [0.05, 0.1) is 0 Å². The lowest BCUT2D eigenvalue weighted by Crippen LogP contribution is -2.02. The van der Waals surface area contributed by atoms with Gasteiger partial charge < -0.3 is 0 Å². The van der Waals surface area contributed by atoms with Crippen molar-refractivity contribution in [1.29, 1.82) is 0 Å². The number of carbonyl (C=O) groups excluding carboxylic acids is 1. The number of hydrogen-bond acceptors (Lipinski definition) is 1. The summed E-state index contributed by atoms with van der Waals surface area (Å²) < 4.78 is 13.1. The standard InChI is InChI=1S/C16H13FO/c17-15-6-2-5-13(10-15)16(18)14-8-7-11-3-1-4-12(11)9-14/h2,5-10H,1,3-4H2. The maximum absolute atomic E-state index is 13.1. The molecule has 0 atom stereocenters. The highest BCUT2D eigenvalue weighted by molar-refractivity contribution is 6.09. The molecular formula is C16H13FO. The number of hydrogen-bond donors (Lipinski definition) is 0. The Morgan fingerprint density at radius 1 is 0.944 bits per heavy atom. The number of rotatable bonds is 2. The summed E-state index contributed by atoms with van der Waals surface area (Å²) in [6.07, 6.45) is 3.30. The Balaban J connectivity index is 1.98. The van der Waals surface area contributed by atoms with E-state index in [4.69, 9.17) is 0 Å². The first-order chi connectivity index (χ1) is 8.74. The molecule has 0 aromatic heterocycles. The SMILES string of the molecule is O=C(c1cccc(F)c1)c1ccc2c(c1)CCC2. The molecular weight excluding hydrogens is 227 g/mol. The molecule has 0 radical (unpaired) electrons. The summed E-state index contributed by atoms with van der Waals surface area (Å²) in [5, 5.41) is 0. The number of fused-ring (bicyclic) bond motifs is 1. The quantitative estimate of drug-likeness (QED) is 0.734. The minimum atomic E-state index is -0.373. The third kappa shape index (κ3) is 1.94. The number of halogens is 1. The third-order valence-corrected chi connectivity index (χ3v) is 3.45. The fourth-order valence-corrected chi connectivity index (χ4v) is 2.51. The van der Waals surface area contributed by atoms with Gasteiger partial charge in [-0.15, -0.1) is 0 Å². The molecule has 90 valence electrons. The Morgan fingerprint density at radius 2 is 1.72 bits per heavy atom. The maximum atomic E-state index is 13.1. The van der Waals surface area contributed by atoms with Crippen molar-refractivity contribution in [2.45, 2.75) is 19.3 Å². The number of ketones is 1. The number of aryl methyl sites for hydroxylation is 2. The number of benzene rings is 2. The summed E-state index contributed by atoms with van der Waals surface area (Å²) in [4.78, 5) is 12.2. The second-order valence-electron chi connectivity index (χ2n) is 4.68. The predicted molar refractivity (Wildman–Crippen MR) is 68.3 cm³/mol. The zero-order valence-electron chi connectivity index (χ0n) is 9.95. The molecule has 1 aliphatic carbocycles. The zero-order chi connectivity index (χ0) is 12.5. The molecule has 0 unspecified atom stereocenters. The van der Waals surface area contributed by atoms with Crippen molar-refractivity contribution in [2.24, 2.45) is 0 Å². The Labute approximate surface area is 105 Å². The Kier molecular flexibility index (Phi) is 2.71. The molecule has 0 fully saturated rings. The summed E-state index contributed by atoms with van der Waals surface area (Å²) in [5.41, 5.74) is 3.66. The lowest BCUT2D eigenvalue weighted by atomic mass is 9.99. The van der Waals surface area contributed by atoms with E-state index in [1.165, 1.54) is 23.3 Å². The van der Waals surface area contributed by atoms with Gasteiger partial charge in [0.2, 0.25) is 0 Å². The highest BCUT2D eigenvalue weighted by Gasteiger charge is 2.15. The van der Waals surface area contributed by atoms with Crippen molar-refractivity contribution < 1.29 is 9.18 Å². The van der Waals surface area contributed by atoms with Crippen LogP contribution in [0.25, 0.3) is 0 Å². The lowest BCUT2D eigenvalue weighted by molar-refractivity contribution is 0.103. The maximum Gasteiger partial charge on any atom is 0.193 e. The van der Waals surface area contributed by atoms with Crippen LogP contribution >= 0.6 is 0 Å². The fourth-order valence-electron chi connectivity index (χ4n) is 2.51. The largest absolute Gasteiger partial charge is 0.289 e. The first-order valence-electron chi connectivity index (χ1n) is 6.16. The monoisotopic (exact) mass is 240 g/mol. The van der Waals surface area contributed by atoms with Crippen molar-refractivity contribution in [3.05, 3.63) is 70.5 Å². The predicted octanol–water partition coefficient (Wildman–Crippen LogP) is 3.55. The molecule has 2 aromatic carbocycles. The molecule has 0 amide bonds. The van der Waals surface area contributed by atoms with Crippen LogP contribution in [0.2, 0.25) is 0 Å². The topological polar surface area (TPSA) is 17.1 Å². The second kappa shape index (κ2) is 4.37. The summed E-state index contributed by atoms with van der Waals surface area (Å²) >= 11 is 0. The van der Waals surface area contributed by atoms with Gasteiger partial charge in [-0.25, -0.2) is 4.39 Å². The summed E-state index contributed by atoms with van der Waals surface area (Å²) in [7, 11) is 0. The first kappa shape index (κ1) is 11.1. The number of carbonyl (C=O) groups is 1. The molecule has 0 aliphatic heterocycles. The van der Waals surface area contributed by atoms with Crippen LogP contribution in [0.15, 0.2) is 42.5 Å². The average Bonchev–Trinajstić information content (AvgIpc) is 2.85. The van der Waals surface area contributed by atoms with E-state index in [-0.39, 0.29) is 11.6 Å². The summed E-state index contributed by atoms with van der Waals surface area (Å²) in [6, 6.07) is 11.7. The Bertz CT molecular complexity index is 616. The highest BCUT2D eigenvalue weighted by atomic mass is 19.1. The third-order valence-electron chi connectivity index (χ3n) is 3.45. The molecule has 3 rings (SSSR count). The Morgan fingerprint density at radius 3 is 2.56 bits per heavy atom. The van der Waals surface area contributed by atoms with Crippen LogP contribution in [0.5, 0.6) is 0 Å². The van der Waals surface area contributed by atoms with E-state index in [1.807, 2.05) is 18.2 Å². The summed E-state index contributed by atoms with van der Waals surface area (Å²) in [5.74, 6) is -0.480. The smallest absolute Gasteiger partial charge is 0.193 e. The fraction of sp³-hybridized carbons (Fsp3) is 0.188. The first-order valence-corrected chi connectivity index (χ1v) is 6.16.